The predicted octanol–water partition coefficient (Wildman–Crippen LogP) is 3.44. The Labute approximate surface area is 152 Å². The summed E-state index contributed by atoms with van der Waals surface area (Å²) in [4.78, 5) is 11.2. The van der Waals surface area contributed by atoms with E-state index in [4.69, 9.17) is 4.74 Å². The van der Waals surface area contributed by atoms with Gasteiger partial charge in [0.15, 0.2) is 0 Å². The van der Waals surface area contributed by atoms with E-state index >= 15 is 0 Å². The standard InChI is InChI=1S/C22H21NO3/c1-2-12-26-20-9-4-3-6-17(20)21-16-8-5-7-15(16)18-13-14(22(24)25)10-11-19(18)23-21/h2-7,9-11,13,15-16,21,23H,1,8,12H2,(H,24,25)/p-1/t15-,16+,21+/m0/s1. The van der Waals surface area contributed by atoms with E-state index in [1.54, 1.807) is 18.2 Å². The summed E-state index contributed by atoms with van der Waals surface area (Å²) in [6.45, 7) is 4.18. The van der Waals surface area contributed by atoms with Crippen molar-refractivity contribution in [3.63, 3.8) is 0 Å². The van der Waals surface area contributed by atoms with Crippen LogP contribution in [0.3, 0.4) is 0 Å². The summed E-state index contributed by atoms with van der Waals surface area (Å²) >= 11 is 0. The van der Waals surface area contributed by atoms with Crippen LogP contribution in [0.5, 0.6) is 5.75 Å². The fourth-order valence-electron chi connectivity index (χ4n) is 4.05. The molecule has 0 amide bonds. The Balaban J connectivity index is 1.75. The van der Waals surface area contributed by atoms with Crippen molar-refractivity contribution >= 4 is 11.7 Å². The molecule has 26 heavy (non-hydrogen) atoms. The van der Waals surface area contributed by atoms with Crippen LogP contribution in [0.25, 0.3) is 0 Å². The van der Waals surface area contributed by atoms with Gasteiger partial charge in [0.05, 0.1) is 12.0 Å². The zero-order chi connectivity index (χ0) is 18.1. The first kappa shape index (κ1) is 16.5. The smallest absolute Gasteiger partial charge is 0.125 e. The second kappa shape index (κ2) is 6.71. The summed E-state index contributed by atoms with van der Waals surface area (Å²) in [7, 11) is 0. The number of carbonyl (C=O) groups is 1. The summed E-state index contributed by atoms with van der Waals surface area (Å²) < 4.78 is 5.86. The summed E-state index contributed by atoms with van der Waals surface area (Å²) in [5, 5.41) is 14.8. The van der Waals surface area contributed by atoms with Gasteiger partial charge in [0.25, 0.3) is 0 Å². The van der Waals surface area contributed by atoms with Crippen LogP contribution in [0.2, 0.25) is 0 Å². The lowest BCUT2D eigenvalue weighted by molar-refractivity contribution is -0.255. The SMILES string of the molecule is C=CCOc1ccccc1[C@@H]1Nc2ccc(C(=O)[O-])cc2[C@H]2C=CC[C@H]21. The molecule has 0 aromatic heterocycles. The van der Waals surface area contributed by atoms with E-state index in [9.17, 15) is 9.90 Å². The van der Waals surface area contributed by atoms with Crippen molar-refractivity contribution in [2.45, 2.75) is 18.4 Å². The maximum Gasteiger partial charge on any atom is 0.125 e. The van der Waals surface area contributed by atoms with Crippen LogP contribution < -0.4 is 15.2 Å². The number of anilines is 1. The Morgan fingerprint density at radius 1 is 1.27 bits per heavy atom. The first-order chi connectivity index (χ1) is 12.7. The molecule has 1 aliphatic carbocycles. The lowest BCUT2D eigenvalue weighted by atomic mass is 9.76. The van der Waals surface area contributed by atoms with Crippen molar-refractivity contribution in [3.8, 4) is 5.75 Å². The molecular weight excluding hydrogens is 326 g/mol. The van der Waals surface area contributed by atoms with Gasteiger partial charge in [0.1, 0.15) is 12.4 Å². The molecule has 2 aromatic carbocycles. The van der Waals surface area contributed by atoms with Gasteiger partial charge in [-0.25, -0.2) is 0 Å². The second-order valence-electron chi connectivity index (χ2n) is 6.70. The van der Waals surface area contributed by atoms with E-state index in [-0.39, 0.29) is 17.5 Å². The quantitative estimate of drug-likeness (QED) is 0.843. The number of carboxylic acid groups (broad SMARTS) is 1. The normalized spacial score (nSPS) is 22.8. The van der Waals surface area contributed by atoms with Crippen LogP contribution in [0.15, 0.2) is 67.3 Å². The fraction of sp³-hybridized carbons (Fsp3) is 0.227. The average molecular weight is 346 g/mol. The van der Waals surface area contributed by atoms with Gasteiger partial charge in [0.2, 0.25) is 0 Å². The molecule has 0 saturated carbocycles. The third kappa shape index (κ3) is 2.77. The maximum absolute atomic E-state index is 11.2. The van der Waals surface area contributed by atoms with Gasteiger partial charge in [-0.1, -0.05) is 49.1 Å². The highest BCUT2D eigenvalue weighted by Gasteiger charge is 2.39. The number of benzene rings is 2. The molecule has 4 nitrogen and oxygen atoms in total. The van der Waals surface area contributed by atoms with Crippen molar-refractivity contribution in [2.75, 3.05) is 11.9 Å². The minimum atomic E-state index is -1.14. The third-order valence-corrected chi connectivity index (χ3v) is 5.21. The number of carboxylic acids is 1. The van der Waals surface area contributed by atoms with E-state index in [1.807, 2.05) is 24.3 Å². The largest absolute Gasteiger partial charge is 0.545 e. The molecule has 0 saturated heterocycles. The number of ether oxygens (including phenoxy) is 1. The van der Waals surface area contributed by atoms with Crippen LogP contribution in [-0.2, 0) is 0 Å². The van der Waals surface area contributed by atoms with Crippen molar-refractivity contribution < 1.29 is 14.6 Å². The van der Waals surface area contributed by atoms with Gasteiger partial charge < -0.3 is 20.0 Å². The highest BCUT2D eigenvalue weighted by atomic mass is 16.5. The number of para-hydroxylation sites is 1. The minimum absolute atomic E-state index is 0.0947. The summed E-state index contributed by atoms with van der Waals surface area (Å²) in [5.41, 5.74) is 3.32. The van der Waals surface area contributed by atoms with Crippen LogP contribution >= 0.6 is 0 Å². The minimum Gasteiger partial charge on any atom is -0.545 e. The van der Waals surface area contributed by atoms with E-state index < -0.39 is 5.97 Å². The van der Waals surface area contributed by atoms with Gasteiger partial charge in [0, 0.05) is 17.2 Å². The van der Waals surface area contributed by atoms with Gasteiger partial charge in [-0.2, -0.15) is 0 Å². The molecule has 132 valence electrons. The highest BCUT2D eigenvalue weighted by molar-refractivity contribution is 5.87. The number of allylic oxidation sites excluding steroid dienone is 2. The molecule has 4 rings (SSSR count). The zero-order valence-corrected chi connectivity index (χ0v) is 14.4. The Hall–Kier alpha value is -3.01. The number of nitrogens with one attached hydrogen (secondary N) is 1. The number of aromatic carboxylic acids is 1. The summed E-state index contributed by atoms with van der Waals surface area (Å²) in [6.07, 6.45) is 7.04. The zero-order valence-electron chi connectivity index (χ0n) is 14.4. The summed E-state index contributed by atoms with van der Waals surface area (Å²) in [5.74, 6) is 0.206. The van der Waals surface area contributed by atoms with E-state index in [0.29, 0.717) is 12.5 Å². The number of hydrogen-bond donors (Lipinski definition) is 1. The third-order valence-electron chi connectivity index (χ3n) is 5.21. The van der Waals surface area contributed by atoms with Gasteiger partial charge >= 0.3 is 0 Å². The molecular formula is C22H20NO3-. The fourth-order valence-corrected chi connectivity index (χ4v) is 4.05. The second-order valence-corrected chi connectivity index (χ2v) is 6.70. The molecule has 0 spiro atoms. The molecule has 0 fully saturated rings. The molecule has 2 aromatic rings. The van der Waals surface area contributed by atoms with Crippen LogP contribution in [0, 0.1) is 5.92 Å². The number of rotatable bonds is 5. The Kier molecular flexibility index (Phi) is 4.25. The van der Waals surface area contributed by atoms with Crippen LogP contribution in [0.1, 0.15) is 39.9 Å². The van der Waals surface area contributed by atoms with Crippen LogP contribution in [0.4, 0.5) is 5.69 Å². The lowest BCUT2D eigenvalue weighted by Crippen LogP contribution is -2.30. The van der Waals surface area contributed by atoms with Crippen molar-refractivity contribution in [1.29, 1.82) is 0 Å². The number of fused-ring (bicyclic) bond motifs is 3. The molecule has 1 aliphatic heterocycles. The Morgan fingerprint density at radius 2 is 2.12 bits per heavy atom. The predicted molar refractivity (Wildman–Crippen MR) is 99.3 cm³/mol. The van der Waals surface area contributed by atoms with Gasteiger partial charge in [-0.05, 0) is 41.7 Å². The molecule has 0 unspecified atom stereocenters. The molecule has 3 atom stereocenters. The van der Waals surface area contributed by atoms with Gasteiger partial charge in [-0.15, -0.1) is 0 Å². The first-order valence-electron chi connectivity index (χ1n) is 8.80. The molecule has 1 N–H and O–H groups in total. The van der Waals surface area contributed by atoms with E-state index in [1.165, 1.54) is 0 Å². The van der Waals surface area contributed by atoms with Crippen molar-refractivity contribution in [3.05, 3.63) is 84.0 Å². The maximum atomic E-state index is 11.2. The summed E-state index contributed by atoms with van der Waals surface area (Å²) in [6, 6.07) is 13.3. The first-order valence-corrected chi connectivity index (χ1v) is 8.80. The Morgan fingerprint density at radius 3 is 2.92 bits per heavy atom. The topological polar surface area (TPSA) is 61.4 Å². The van der Waals surface area contributed by atoms with Crippen molar-refractivity contribution in [1.82, 2.24) is 0 Å². The Bertz CT molecular complexity index is 887. The monoisotopic (exact) mass is 346 g/mol. The molecule has 4 heteroatoms. The highest BCUT2D eigenvalue weighted by Crippen LogP contribution is 2.51. The van der Waals surface area contributed by atoms with Crippen molar-refractivity contribution in [2.24, 2.45) is 5.92 Å². The molecule has 2 aliphatic rings. The lowest BCUT2D eigenvalue weighted by Gasteiger charge is -2.38. The molecule has 0 bridgehead atoms. The average Bonchev–Trinajstić information content (AvgIpc) is 3.15. The van der Waals surface area contributed by atoms with E-state index in [2.05, 4.69) is 30.1 Å². The van der Waals surface area contributed by atoms with Crippen LogP contribution in [-0.4, -0.2) is 12.6 Å². The van der Waals surface area contributed by atoms with Gasteiger partial charge in [-0.3, -0.25) is 0 Å². The molecule has 1 heterocycles. The number of hydrogen-bond acceptors (Lipinski definition) is 4. The number of carbonyl (C=O) groups excluding carboxylic acids is 1. The molecule has 0 radical (unpaired) electrons. The van der Waals surface area contributed by atoms with E-state index in [0.717, 1.165) is 29.0 Å².